The summed E-state index contributed by atoms with van der Waals surface area (Å²) in [4.78, 5) is 14.3. The fourth-order valence-electron chi connectivity index (χ4n) is 2.98. The monoisotopic (exact) mass is 343 g/mol. The summed E-state index contributed by atoms with van der Waals surface area (Å²) in [5, 5.41) is 10.3. The van der Waals surface area contributed by atoms with Crippen molar-refractivity contribution in [2.24, 2.45) is 0 Å². The number of hydrogen-bond acceptors (Lipinski definition) is 3. The first-order valence-corrected chi connectivity index (χ1v) is 8.35. The quantitative estimate of drug-likeness (QED) is 0.740. The number of para-hydroxylation sites is 2. The second-order valence-electron chi connectivity index (χ2n) is 5.99. The van der Waals surface area contributed by atoms with Crippen LogP contribution in [-0.2, 0) is 4.79 Å². The summed E-state index contributed by atoms with van der Waals surface area (Å²) in [5.41, 5.74) is 1.77. The fourth-order valence-corrected chi connectivity index (χ4v) is 2.98. The van der Waals surface area contributed by atoms with Crippen LogP contribution in [0.1, 0.15) is 5.56 Å². The Morgan fingerprint density at radius 1 is 0.769 bits per heavy atom. The van der Waals surface area contributed by atoms with Crippen LogP contribution < -0.4 is 9.64 Å². The number of anilines is 1. The van der Waals surface area contributed by atoms with Crippen LogP contribution >= 0.6 is 0 Å². The number of amides is 1. The molecule has 0 atom stereocenters. The van der Waals surface area contributed by atoms with E-state index < -0.39 is 0 Å². The van der Waals surface area contributed by atoms with E-state index in [1.807, 2.05) is 60.7 Å². The summed E-state index contributed by atoms with van der Waals surface area (Å²) in [6.45, 7) is 0.181. The van der Waals surface area contributed by atoms with Gasteiger partial charge in [-0.25, -0.2) is 0 Å². The first-order valence-electron chi connectivity index (χ1n) is 8.35. The van der Waals surface area contributed by atoms with Gasteiger partial charge in [-0.1, -0.05) is 48.5 Å². The van der Waals surface area contributed by atoms with Gasteiger partial charge in [0.15, 0.2) is 0 Å². The third kappa shape index (κ3) is 3.05. The van der Waals surface area contributed by atoms with Crippen molar-refractivity contribution in [3.63, 3.8) is 0 Å². The van der Waals surface area contributed by atoms with Crippen molar-refractivity contribution in [3.05, 3.63) is 96.3 Å². The summed E-state index contributed by atoms with van der Waals surface area (Å²) in [5.74, 6) is 1.29. The molecule has 1 aliphatic rings. The van der Waals surface area contributed by atoms with Crippen LogP contribution in [0.4, 0.5) is 5.69 Å². The van der Waals surface area contributed by atoms with E-state index in [1.165, 1.54) is 0 Å². The molecule has 4 heteroatoms. The normalized spacial score (nSPS) is 14.0. The maximum absolute atomic E-state index is 12.8. The molecule has 0 aromatic heterocycles. The molecular formula is C22H17NO3. The Morgan fingerprint density at radius 3 is 2.00 bits per heavy atom. The number of rotatable bonds is 4. The molecule has 1 amide bonds. The zero-order chi connectivity index (χ0) is 17.9. The Hall–Kier alpha value is -3.53. The van der Waals surface area contributed by atoms with Crippen LogP contribution in [0, 0.1) is 0 Å². The number of carbonyl (C=O) groups is 1. The van der Waals surface area contributed by atoms with Gasteiger partial charge in [-0.15, -0.1) is 0 Å². The first kappa shape index (κ1) is 16.0. The Labute approximate surface area is 151 Å². The summed E-state index contributed by atoms with van der Waals surface area (Å²) < 4.78 is 5.77. The van der Waals surface area contributed by atoms with Gasteiger partial charge in [0.05, 0.1) is 12.1 Å². The number of aliphatic hydroxyl groups is 1. The summed E-state index contributed by atoms with van der Waals surface area (Å²) >= 11 is 0. The van der Waals surface area contributed by atoms with Crippen molar-refractivity contribution in [1.29, 1.82) is 0 Å². The van der Waals surface area contributed by atoms with Gasteiger partial charge in [-0.2, -0.15) is 0 Å². The Morgan fingerprint density at radius 2 is 1.35 bits per heavy atom. The van der Waals surface area contributed by atoms with Gasteiger partial charge in [0, 0.05) is 5.69 Å². The topological polar surface area (TPSA) is 49.8 Å². The highest BCUT2D eigenvalue weighted by Crippen LogP contribution is 2.32. The van der Waals surface area contributed by atoms with E-state index >= 15 is 0 Å². The van der Waals surface area contributed by atoms with Gasteiger partial charge >= 0.3 is 0 Å². The largest absolute Gasteiger partial charge is 0.510 e. The minimum Gasteiger partial charge on any atom is -0.510 e. The maximum atomic E-state index is 12.8. The van der Waals surface area contributed by atoms with Crippen LogP contribution in [0.2, 0.25) is 0 Å². The van der Waals surface area contributed by atoms with E-state index in [2.05, 4.69) is 0 Å². The second-order valence-corrected chi connectivity index (χ2v) is 5.99. The molecule has 0 spiro atoms. The van der Waals surface area contributed by atoms with E-state index in [0.717, 1.165) is 11.4 Å². The second kappa shape index (κ2) is 6.76. The van der Waals surface area contributed by atoms with Gasteiger partial charge < -0.3 is 14.7 Å². The lowest BCUT2D eigenvalue weighted by molar-refractivity contribution is -0.112. The Balaban J connectivity index is 1.55. The molecule has 0 radical (unpaired) electrons. The SMILES string of the molecule is O=C1C(c2ccc(Oc3ccccc3)cc2)=C(O)CN1c1ccccc1. The third-order valence-electron chi connectivity index (χ3n) is 4.25. The minimum absolute atomic E-state index is 0.0792. The molecule has 1 aliphatic heterocycles. The van der Waals surface area contributed by atoms with Crippen LogP contribution in [0.15, 0.2) is 90.7 Å². The average molecular weight is 343 g/mol. The molecule has 0 fully saturated rings. The Kier molecular flexibility index (Phi) is 4.15. The number of nitrogens with zero attached hydrogens (tertiary/aromatic N) is 1. The average Bonchev–Trinajstić information content (AvgIpc) is 2.98. The van der Waals surface area contributed by atoms with Crippen LogP contribution in [-0.4, -0.2) is 17.6 Å². The smallest absolute Gasteiger partial charge is 0.262 e. The molecule has 0 saturated heterocycles. The van der Waals surface area contributed by atoms with Crippen molar-refractivity contribution >= 4 is 17.2 Å². The van der Waals surface area contributed by atoms with Gasteiger partial charge in [0.1, 0.15) is 17.3 Å². The van der Waals surface area contributed by atoms with E-state index in [9.17, 15) is 9.90 Å². The number of aliphatic hydroxyl groups excluding tert-OH is 1. The van der Waals surface area contributed by atoms with E-state index in [-0.39, 0.29) is 18.2 Å². The number of carbonyl (C=O) groups excluding carboxylic acids is 1. The summed E-state index contributed by atoms with van der Waals surface area (Å²) in [6, 6.07) is 26.0. The lowest BCUT2D eigenvalue weighted by Gasteiger charge is -2.16. The summed E-state index contributed by atoms with van der Waals surface area (Å²) in [6.07, 6.45) is 0. The van der Waals surface area contributed by atoms with Gasteiger partial charge in [0.25, 0.3) is 5.91 Å². The van der Waals surface area contributed by atoms with Gasteiger partial charge in [0.2, 0.25) is 0 Å². The highest BCUT2D eigenvalue weighted by molar-refractivity contribution is 6.29. The van der Waals surface area contributed by atoms with Crippen molar-refractivity contribution in [2.75, 3.05) is 11.4 Å². The van der Waals surface area contributed by atoms with Gasteiger partial charge in [-0.05, 0) is 42.0 Å². The zero-order valence-electron chi connectivity index (χ0n) is 14.0. The molecule has 4 rings (SSSR count). The highest BCUT2D eigenvalue weighted by Gasteiger charge is 2.32. The highest BCUT2D eigenvalue weighted by atomic mass is 16.5. The molecule has 3 aromatic rings. The molecule has 0 bridgehead atoms. The van der Waals surface area contributed by atoms with E-state index in [4.69, 9.17) is 4.74 Å². The van der Waals surface area contributed by atoms with E-state index in [0.29, 0.717) is 16.9 Å². The van der Waals surface area contributed by atoms with Crippen molar-refractivity contribution in [3.8, 4) is 11.5 Å². The predicted octanol–water partition coefficient (Wildman–Crippen LogP) is 4.79. The van der Waals surface area contributed by atoms with E-state index in [1.54, 1.807) is 29.2 Å². The van der Waals surface area contributed by atoms with Crippen molar-refractivity contribution < 1.29 is 14.6 Å². The van der Waals surface area contributed by atoms with Crippen molar-refractivity contribution in [1.82, 2.24) is 0 Å². The van der Waals surface area contributed by atoms with Crippen molar-refractivity contribution in [2.45, 2.75) is 0 Å². The molecule has 1 N–H and O–H groups in total. The molecule has 0 unspecified atom stereocenters. The number of ether oxygens (including phenoxy) is 1. The molecule has 128 valence electrons. The predicted molar refractivity (Wildman–Crippen MR) is 101 cm³/mol. The standard InChI is InChI=1S/C22H17NO3/c24-20-15-23(17-7-3-1-4-8-17)22(25)21(20)16-11-13-19(14-12-16)26-18-9-5-2-6-10-18/h1-14,24H,15H2. The maximum Gasteiger partial charge on any atom is 0.262 e. The first-order chi connectivity index (χ1) is 12.7. The molecule has 26 heavy (non-hydrogen) atoms. The van der Waals surface area contributed by atoms with Crippen LogP contribution in [0.3, 0.4) is 0 Å². The molecular weight excluding hydrogens is 326 g/mol. The number of hydrogen-bond donors (Lipinski definition) is 1. The molecule has 3 aromatic carbocycles. The van der Waals surface area contributed by atoms with Gasteiger partial charge in [-0.3, -0.25) is 4.79 Å². The van der Waals surface area contributed by atoms with Crippen LogP contribution in [0.5, 0.6) is 11.5 Å². The fraction of sp³-hybridized carbons (Fsp3) is 0.0455. The molecule has 4 nitrogen and oxygen atoms in total. The zero-order valence-corrected chi connectivity index (χ0v) is 14.0. The number of benzene rings is 3. The molecule has 0 saturated carbocycles. The summed E-state index contributed by atoms with van der Waals surface area (Å²) in [7, 11) is 0. The molecule has 0 aliphatic carbocycles. The molecule has 1 heterocycles. The van der Waals surface area contributed by atoms with Crippen LogP contribution in [0.25, 0.3) is 5.57 Å². The Bertz CT molecular complexity index is 948. The minimum atomic E-state index is -0.203. The lowest BCUT2D eigenvalue weighted by atomic mass is 10.1. The lowest BCUT2D eigenvalue weighted by Crippen LogP contribution is -2.26. The third-order valence-corrected chi connectivity index (χ3v) is 4.25.